The van der Waals surface area contributed by atoms with Crippen LogP contribution < -0.4 is 10.2 Å². The lowest BCUT2D eigenvalue weighted by Gasteiger charge is -2.36. The number of para-hydroxylation sites is 1. The number of thioether (sulfide) groups is 1. The van der Waals surface area contributed by atoms with E-state index in [0.29, 0.717) is 13.1 Å². The van der Waals surface area contributed by atoms with Crippen molar-refractivity contribution >= 4 is 35.1 Å². The summed E-state index contributed by atoms with van der Waals surface area (Å²) in [5.74, 6) is 0.894. The van der Waals surface area contributed by atoms with E-state index in [1.165, 1.54) is 11.8 Å². The number of pyridine rings is 1. The Kier molecular flexibility index (Phi) is 4.79. The number of aromatic nitrogens is 1. The van der Waals surface area contributed by atoms with Crippen molar-refractivity contribution in [2.45, 2.75) is 16.6 Å². The molecule has 1 fully saturated rings. The Bertz CT molecular complexity index is 806. The number of amides is 2. The van der Waals surface area contributed by atoms with Crippen LogP contribution in [0.2, 0.25) is 0 Å². The van der Waals surface area contributed by atoms with E-state index in [2.05, 4.69) is 15.2 Å². The van der Waals surface area contributed by atoms with Crippen molar-refractivity contribution in [1.29, 1.82) is 0 Å². The molecule has 2 aliphatic heterocycles. The smallest absolute Gasteiger partial charge is 0.238 e. The van der Waals surface area contributed by atoms with Crippen molar-refractivity contribution < 1.29 is 9.59 Å². The van der Waals surface area contributed by atoms with E-state index in [1.807, 2.05) is 47.4 Å². The Hall–Kier alpha value is -2.54. The highest BCUT2D eigenvalue weighted by atomic mass is 32.2. The molecule has 1 N–H and O–H groups in total. The zero-order chi connectivity index (χ0) is 17.9. The van der Waals surface area contributed by atoms with E-state index in [1.54, 1.807) is 6.20 Å². The van der Waals surface area contributed by atoms with Gasteiger partial charge in [0, 0.05) is 43.7 Å². The Balaban J connectivity index is 1.34. The summed E-state index contributed by atoms with van der Waals surface area (Å²) in [6, 6.07) is 13.5. The van der Waals surface area contributed by atoms with Gasteiger partial charge in [-0.15, -0.1) is 11.8 Å². The number of nitrogens with zero attached hydrogens (tertiary/aromatic N) is 3. The zero-order valence-electron chi connectivity index (χ0n) is 14.3. The van der Waals surface area contributed by atoms with Gasteiger partial charge in [-0.2, -0.15) is 0 Å². The normalized spacial score (nSPS) is 19.7. The van der Waals surface area contributed by atoms with Crippen molar-refractivity contribution in [2.75, 3.05) is 36.4 Å². The van der Waals surface area contributed by atoms with Crippen LogP contribution in [0.3, 0.4) is 0 Å². The van der Waals surface area contributed by atoms with Crippen molar-refractivity contribution in [1.82, 2.24) is 9.88 Å². The van der Waals surface area contributed by atoms with Crippen LogP contribution in [0.5, 0.6) is 0 Å². The van der Waals surface area contributed by atoms with Crippen LogP contribution in [-0.2, 0) is 9.59 Å². The first-order valence-corrected chi connectivity index (χ1v) is 9.59. The molecule has 0 aliphatic carbocycles. The molecule has 1 aromatic heterocycles. The summed E-state index contributed by atoms with van der Waals surface area (Å²) >= 11 is 1.47. The summed E-state index contributed by atoms with van der Waals surface area (Å²) in [4.78, 5) is 34.4. The van der Waals surface area contributed by atoms with E-state index < -0.39 is 0 Å². The average molecular weight is 368 g/mol. The number of carbonyl (C=O) groups excluding carboxylic acids is 2. The van der Waals surface area contributed by atoms with Crippen molar-refractivity contribution in [3.05, 3.63) is 48.7 Å². The number of fused-ring (bicyclic) bond motifs is 1. The van der Waals surface area contributed by atoms with Gasteiger partial charge >= 0.3 is 0 Å². The van der Waals surface area contributed by atoms with Crippen LogP contribution in [-0.4, -0.2) is 53.1 Å². The van der Waals surface area contributed by atoms with Gasteiger partial charge in [0.2, 0.25) is 11.8 Å². The first-order chi connectivity index (χ1) is 12.7. The second-order valence-corrected chi connectivity index (χ2v) is 7.60. The molecule has 4 rings (SSSR count). The van der Waals surface area contributed by atoms with Gasteiger partial charge < -0.3 is 15.1 Å². The summed E-state index contributed by atoms with van der Waals surface area (Å²) in [6.07, 6.45) is 2.01. The topological polar surface area (TPSA) is 65.5 Å². The molecule has 2 amide bonds. The SMILES string of the molecule is O=C1Nc2ccccc2SC1CC(=O)N1CCN(c2ccccn2)CC1. The number of rotatable bonds is 3. The zero-order valence-corrected chi connectivity index (χ0v) is 15.1. The fourth-order valence-electron chi connectivity index (χ4n) is 3.24. The van der Waals surface area contributed by atoms with Crippen molar-refractivity contribution in [3.63, 3.8) is 0 Å². The largest absolute Gasteiger partial charge is 0.353 e. The predicted octanol–water partition coefficient (Wildman–Crippen LogP) is 2.23. The van der Waals surface area contributed by atoms with Crippen LogP contribution in [0.15, 0.2) is 53.6 Å². The minimum atomic E-state index is -0.369. The average Bonchev–Trinajstić information content (AvgIpc) is 2.69. The number of benzene rings is 1. The lowest BCUT2D eigenvalue weighted by Crippen LogP contribution is -2.50. The first-order valence-electron chi connectivity index (χ1n) is 8.71. The molecular formula is C19H20N4O2S. The van der Waals surface area contributed by atoms with E-state index in [0.717, 1.165) is 29.5 Å². The summed E-state index contributed by atoms with van der Waals surface area (Å²) in [5, 5.41) is 2.53. The molecule has 26 heavy (non-hydrogen) atoms. The van der Waals surface area contributed by atoms with Gasteiger partial charge in [0.25, 0.3) is 0 Å². The fourth-order valence-corrected chi connectivity index (χ4v) is 4.34. The predicted molar refractivity (Wildman–Crippen MR) is 102 cm³/mol. The molecule has 0 spiro atoms. The van der Waals surface area contributed by atoms with E-state index >= 15 is 0 Å². The Morgan fingerprint density at radius 2 is 1.88 bits per heavy atom. The molecule has 2 aliphatic rings. The summed E-state index contributed by atoms with van der Waals surface area (Å²) in [7, 11) is 0. The summed E-state index contributed by atoms with van der Waals surface area (Å²) in [5.41, 5.74) is 0.829. The molecule has 3 heterocycles. The first kappa shape index (κ1) is 16.9. The number of nitrogens with one attached hydrogen (secondary N) is 1. The minimum absolute atomic E-state index is 0.0395. The van der Waals surface area contributed by atoms with Crippen LogP contribution >= 0.6 is 11.8 Å². The maximum Gasteiger partial charge on any atom is 0.238 e. The van der Waals surface area contributed by atoms with E-state index in [9.17, 15) is 9.59 Å². The number of carbonyl (C=O) groups is 2. The number of hydrogen-bond donors (Lipinski definition) is 1. The highest BCUT2D eigenvalue weighted by Crippen LogP contribution is 2.36. The molecule has 6 nitrogen and oxygen atoms in total. The maximum absolute atomic E-state index is 12.7. The molecule has 0 saturated carbocycles. The van der Waals surface area contributed by atoms with Gasteiger partial charge in [0.15, 0.2) is 0 Å². The van der Waals surface area contributed by atoms with Gasteiger partial charge in [-0.05, 0) is 24.3 Å². The van der Waals surface area contributed by atoms with Crippen LogP contribution in [0.25, 0.3) is 0 Å². The third-order valence-corrected chi connectivity index (χ3v) is 5.95. The summed E-state index contributed by atoms with van der Waals surface area (Å²) < 4.78 is 0. The van der Waals surface area contributed by atoms with Gasteiger partial charge in [0.05, 0.1) is 10.9 Å². The molecule has 1 saturated heterocycles. The second-order valence-electron chi connectivity index (χ2n) is 6.35. The minimum Gasteiger partial charge on any atom is -0.353 e. The molecular weight excluding hydrogens is 348 g/mol. The van der Waals surface area contributed by atoms with Gasteiger partial charge in [-0.3, -0.25) is 9.59 Å². The Labute approximate surface area is 156 Å². The van der Waals surface area contributed by atoms with E-state index in [-0.39, 0.29) is 23.5 Å². The molecule has 134 valence electrons. The van der Waals surface area contributed by atoms with Crippen molar-refractivity contribution in [2.24, 2.45) is 0 Å². The third-order valence-electron chi connectivity index (χ3n) is 4.67. The maximum atomic E-state index is 12.7. The van der Waals surface area contributed by atoms with Crippen LogP contribution in [0, 0.1) is 0 Å². The standard InChI is InChI=1S/C19H20N4O2S/c24-18(13-16-19(25)21-14-5-1-2-6-15(14)26-16)23-11-9-22(10-12-23)17-7-3-4-8-20-17/h1-8,16H,9-13H2,(H,21,25). The quantitative estimate of drug-likeness (QED) is 0.900. The third kappa shape index (κ3) is 3.53. The van der Waals surface area contributed by atoms with Crippen LogP contribution in [0.4, 0.5) is 11.5 Å². The molecule has 0 bridgehead atoms. The molecule has 0 radical (unpaired) electrons. The Morgan fingerprint density at radius 1 is 1.12 bits per heavy atom. The number of anilines is 2. The van der Waals surface area contributed by atoms with Crippen LogP contribution in [0.1, 0.15) is 6.42 Å². The second kappa shape index (κ2) is 7.37. The fraction of sp³-hybridized carbons (Fsp3) is 0.316. The lowest BCUT2D eigenvalue weighted by atomic mass is 10.2. The van der Waals surface area contributed by atoms with Gasteiger partial charge in [-0.1, -0.05) is 18.2 Å². The lowest BCUT2D eigenvalue weighted by molar-refractivity contribution is -0.132. The van der Waals surface area contributed by atoms with Crippen molar-refractivity contribution in [3.8, 4) is 0 Å². The number of hydrogen-bond acceptors (Lipinski definition) is 5. The Morgan fingerprint density at radius 3 is 2.65 bits per heavy atom. The van der Waals surface area contributed by atoms with Gasteiger partial charge in [-0.25, -0.2) is 4.98 Å². The highest BCUT2D eigenvalue weighted by molar-refractivity contribution is 8.01. The highest BCUT2D eigenvalue weighted by Gasteiger charge is 2.31. The molecule has 1 unspecified atom stereocenters. The molecule has 7 heteroatoms. The monoisotopic (exact) mass is 368 g/mol. The molecule has 2 aromatic rings. The molecule has 1 aromatic carbocycles. The molecule has 1 atom stereocenters. The van der Waals surface area contributed by atoms with E-state index in [4.69, 9.17) is 0 Å². The number of piperazine rings is 1. The summed E-state index contributed by atoms with van der Waals surface area (Å²) in [6.45, 7) is 2.83. The van der Waals surface area contributed by atoms with Gasteiger partial charge in [0.1, 0.15) is 5.82 Å².